The first-order chi connectivity index (χ1) is 9.44. The third-order valence-electron chi connectivity index (χ3n) is 2.43. The number of rotatable bonds is 3. The number of amides is 1. The van der Waals surface area contributed by atoms with E-state index < -0.39 is 11.7 Å². The first-order valence-corrected chi connectivity index (χ1v) is 7.29. The summed E-state index contributed by atoms with van der Waals surface area (Å²) in [4.78, 5) is 15.7. The third-order valence-corrected chi connectivity index (χ3v) is 3.22. The largest absolute Gasteiger partial charge is 0.444 e. The van der Waals surface area contributed by atoms with E-state index in [0.717, 1.165) is 15.8 Å². The van der Waals surface area contributed by atoms with Crippen molar-refractivity contribution in [1.29, 1.82) is 0 Å². The second kappa shape index (κ2) is 6.05. The number of ether oxygens (including phenoxy) is 1. The molecule has 0 saturated carbocycles. The van der Waals surface area contributed by atoms with Crippen molar-refractivity contribution in [2.24, 2.45) is 0 Å². The average Bonchev–Trinajstić information content (AvgIpc) is 2.79. The monoisotopic (exact) mass is 290 g/mol. The van der Waals surface area contributed by atoms with Gasteiger partial charge in [0.2, 0.25) is 0 Å². The Morgan fingerprint density at radius 3 is 3.00 bits per heavy atom. The van der Waals surface area contributed by atoms with Gasteiger partial charge in [0.1, 0.15) is 5.60 Å². The minimum atomic E-state index is -0.467. The molecular weight excluding hydrogens is 272 g/mol. The van der Waals surface area contributed by atoms with Crippen molar-refractivity contribution in [2.45, 2.75) is 26.4 Å². The number of carbonyl (C=O) groups excluding carboxylic acids is 1. The second-order valence-electron chi connectivity index (χ2n) is 5.36. The number of thiazole rings is 1. The van der Waals surface area contributed by atoms with Crippen molar-refractivity contribution in [3.63, 3.8) is 0 Å². The SMILES string of the molecule is CC(C)(C)OC(=O)NCC=Cc1ccc2ncsc2c1. The van der Waals surface area contributed by atoms with Crippen LogP contribution < -0.4 is 5.32 Å². The van der Waals surface area contributed by atoms with Crippen LogP contribution in [0.3, 0.4) is 0 Å². The lowest BCUT2D eigenvalue weighted by Crippen LogP contribution is -2.32. The predicted octanol–water partition coefficient (Wildman–Crippen LogP) is 3.83. The molecule has 0 spiro atoms. The van der Waals surface area contributed by atoms with Crippen LogP contribution in [0.4, 0.5) is 4.79 Å². The summed E-state index contributed by atoms with van der Waals surface area (Å²) in [6.45, 7) is 5.96. The van der Waals surface area contributed by atoms with Crippen LogP contribution in [0.2, 0.25) is 0 Å². The van der Waals surface area contributed by atoms with E-state index >= 15 is 0 Å². The number of hydrogen-bond donors (Lipinski definition) is 1. The lowest BCUT2D eigenvalue weighted by atomic mass is 10.2. The molecule has 1 N–H and O–H groups in total. The fraction of sp³-hybridized carbons (Fsp3) is 0.333. The molecule has 1 heterocycles. The smallest absolute Gasteiger partial charge is 0.407 e. The molecule has 2 aromatic rings. The molecule has 2 rings (SSSR count). The van der Waals surface area contributed by atoms with Gasteiger partial charge in [0.15, 0.2) is 0 Å². The Balaban J connectivity index is 1.85. The third kappa shape index (κ3) is 4.35. The van der Waals surface area contributed by atoms with Crippen molar-refractivity contribution in [2.75, 3.05) is 6.54 Å². The zero-order valence-electron chi connectivity index (χ0n) is 11.8. The van der Waals surface area contributed by atoms with E-state index in [2.05, 4.69) is 16.4 Å². The number of nitrogens with zero attached hydrogens (tertiary/aromatic N) is 1. The number of hydrogen-bond acceptors (Lipinski definition) is 4. The van der Waals surface area contributed by atoms with Crippen molar-refractivity contribution < 1.29 is 9.53 Å². The van der Waals surface area contributed by atoms with E-state index in [1.165, 1.54) is 0 Å². The molecule has 0 aliphatic carbocycles. The summed E-state index contributed by atoms with van der Waals surface area (Å²) in [5.74, 6) is 0. The Hall–Kier alpha value is -1.88. The van der Waals surface area contributed by atoms with Gasteiger partial charge in [-0.3, -0.25) is 0 Å². The van der Waals surface area contributed by atoms with Crippen LogP contribution in [-0.4, -0.2) is 23.2 Å². The molecule has 1 aromatic heterocycles. The number of carbonyl (C=O) groups is 1. The molecule has 20 heavy (non-hydrogen) atoms. The molecular formula is C15H18N2O2S. The lowest BCUT2D eigenvalue weighted by Gasteiger charge is -2.19. The van der Waals surface area contributed by atoms with Crippen LogP contribution in [0, 0.1) is 0 Å². The summed E-state index contributed by atoms with van der Waals surface area (Å²) in [6, 6.07) is 6.08. The lowest BCUT2D eigenvalue weighted by molar-refractivity contribution is 0.0534. The van der Waals surface area contributed by atoms with Gasteiger partial charge in [0.05, 0.1) is 15.7 Å². The predicted molar refractivity (Wildman–Crippen MR) is 82.9 cm³/mol. The van der Waals surface area contributed by atoms with Crippen molar-refractivity contribution >= 4 is 33.7 Å². The summed E-state index contributed by atoms with van der Waals surface area (Å²) in [7, 11) is 0. The Kier molecular flexibility index (Phi) is 4.39. The van der Waals surface area contributed by atoms with Gasteiger partial charge >= 0.3 is 6.09 Å². The summed E-state index contributed by atoms with van der Waals surface area (Å²) in [6.07, 6.45) is 3.46. The minimum absolute atomic E-state index is 0.403. The quantitative estimate of drug-likeness (QED) is 0.934. The van der Waals surface area contributed by atoms with Crippen molar-refractivity contribution in [3.8, 4) is 0 Å². The van der Waals surface area contributed by atoms with E-state index in [1.54, 1.807) is 11.3 Å². The normalized spacial score (nSPS) is 11.9. The molecule has 1 aromatic carbocycles. The molecule has 5 heteroatoms. The number of aromatic nitrogens is 1. The highest BCUT2D eigenvalue weighted by molar-refractivity contribution is 7.16. The van der Waals surface area contributed by atoms with Crippen LogP contribution in [0.25, 0.3) is 16.3 Å². The Morgan fingerprint density at radius 2 is 2.25 bits per heavy atom. The van der Waals surface area contributed by atoms with E-state index in [1.807, 2.05) is 50.6 Å². The molecule has 0 radical (unpaired) electrons. The topological polar surface area (TPSA) is 51.2 Å². The highest BCUT2D eigenvalue weighted by Crippen LogP contribution is 2.19. The number of fused-ring (bicyclic) bond motifs is 1. The number of alkyl carbamates (subject to hydrolysis) is 1. The highest BCUT2D eigenvalue weighted by atomic mass is 32.1. The number of nitrogens with one attached hydrogen (secondary N) is 1. The zero-order chi connectivity index (χ0) is 14.6. The van der Waals surface area contributed by atoms with Gasteiger partial charge in [-0.15, -0.1) is 11.3 Å². The van der Waals surface area contributed by atoms with E-state index in [0.29, 0.717) is 6.54 Å². The van der Waals surface area contributed by atoms with Crippen molar-refractivity contribution in [1.82, 2.24) is 10.3 Å². The van der Waals surface area contributed by atoms with Gasteiger partial charge in [-0.25, -0.2) is 9.78 Å². The van der Waals surface area contributed by atoms with Crippen LogP contribution >= 0.6 is 11.3 Å². The summed E-state index contributed by atoms with van der Waals surface area (Å²) < 4.78 is 6.31. The van der Waals surface area contributed by atoms with Crippen molar-refractivity contribution in [3.05, 3.63) is 35.3 Å². The van der Waals surface area contributed by atoms with E-state index in [-0.39, 0.29) is 0 Å². The van der Waals surface area contributed by atoms with Gasteiger partial charge in [-0.2, -0.15) is 0 Å². The summed E-state index contributed by atoms with van der Waals surface area (Å²) in [5, 5.41) is 2.68. The summed E-state index contributed by atoms with van der Waals surface area (Å²) in [5.41, 5.74) is 3.47. The van der Waals surface area contributed by atoms with Gasteiger partial charge in [0.25, 0.3) is 0 Å². The van der Waals surface area contributed by atoms with Crippen LogP contribution in [0.1, 0.15) is 26.3 Å². The molecule has 0 saturated heterocycles. The van der Waals surface area contributed by atoms with Crippen LogP contribution in [0.5, 0.6) is 0 Å². The molecule has 1 amide bonds. The molecule has 4 nitrogen and oxygen atoms in total. The zero-order valence-corrected chi connectivity index (χ0v) is 12.7. The molecule has 106 valence electrons. The average molecular weight is 290 g/mol. The maximum absolute atomic E-state index is 11.4. The maximum atomic E-state index is 11.4. The number of benzene rings is 1. The molecule has 0 unspecified atom stereocenters. The van der Waals surface area contributed by atoms with Gasteiger partial charge in [-0.1, -0.05) is 18.2 Å². The molecule has 0 atom stereocenters. The standard InChI is InChI=1S/C15H18N2O2S/c1-15(2,3)19-14(18)16-8-4-5-11-6-7-12-13(9-11)20-10-17-12/h4-7,9-10H,8H2,1-3H3,(H,16,18). The fourth-order valence-electron chi connectivity index (χ4n) is 1.63. The molecule has 0 aliphatic heterocycles. The minimum Gasteiger partial charge on any atom is -0.444 e. The maximum Gasteiger partial charge on any atom is 0.407 e. The van der Waals surface area contributed by atoms with Gasteiger partial charge < -0.3 is 10.1 Å². The first-order valence-electron chi connectivity index (χ1n) is 6.41. The first kappa shape index (κ1) is 14.5. The Bertz CT molecular complexity index is 626. The molecule has 0 fully saturated rings. The second-order valence-corrected chi connectivity index (χ2v) is 6.25. The highest BCUT2D eigenvalue weighted by Gasteiger charge is 2.14. The Morgan fingerprint density at radius 1 is 1.45 bits per heavy atom. The van der Waals surface area contributed by atoms with Crippen LogP contribution in [0.15, 0.2) is 29.8 Å². The molecule has 0 aliphatic rings. The van der Waals surface area contributed by atoms with Crippen LogP contribution in [-0.2, 0) is 4.74 Å². The van der Waals surface area contributed by atoms with Gasteiger partial charge in [0, 0.05) is 6.54 Å². The van der Waals surface area contributed by atoms with Gasteiger partial charge in [-0.05, 0) is 38.5 Å². The fourth-order valence-corrected chi connectivity index (χ4v) is 2.35. The van der Waals surface area contributed by atoms with E-state index in [4.69, 9.17) is 4.74 Å². The Labute approximate surface area is 122 Å². The summed E-state index contributed by atoms with van der Waals surface area (Å²) >= 11 is 1.62. The van der Waals surface area contributed by atoms with E-state index in [9.17, 15) is 4.79 Å². The molecule has 0 bridgehead atoms.